The van der Waals surface area contributed by atoms with Gasteiger partial charge in [-0.2, -0.15) is 0 Å². The molecule has 1 aromatic carbocycles. The van der Waals surface area contributed by atoms with E-state index in [0.29, 0.717) is 5.92 Å². The third-order valence-corrected chi connectivity index (χ3v) is 5.89. The summed E-state index contributed by atoms with van der Waals surface area (Å²) < 4.78 is 0. The summed E-state index contributed by atoms with van der Waals surface area (Å²) in [7, 11) is 0. The predicted molar refractivity (Wildman–Crippen MR) is 84.4 cm³/mol. The zero-order valence-electron chi connectivity index (χ0n) is 12.0. The number of aliphatic hydroxyl groups excluding tert-OH is 1. The molecule has 2 aromatic rings. The van der Waals surface area contributed by atoms with Crippen molar-refractivity contribution in [3.63, 3.8) is 0 Å². The average molecular weight is 300 g/mol. The SMILES string of the molecule is O[C@H]1Cc2ccccc2[C@@H]1NCc1cnc(C2CCC2)s1. The standard InChI is InChI=1S/C17H20N2OS/c20-15-8-12-4-1-2-7-14(12)16(15)18-9-13-10-19-17(21-13)11-5-3-6-11/h1-2,4,7,10-11,15-16,18,20H,3,5-6,8-9H2/t15-,16-/m0/s1. The topological polar surface area (TPSA) is 45.1 Å². The molecule has 0 aliphatic heterocycles. The smallest absolute Gasteiger partial charge is 0.0959 e. The highest BCUT2D eigenvalue weighted by Crippen LogP contribution is 2.38. The van der Waals surface area contributed by atoms with Crippen LogP contribution in [0.5, 0.6) is 0 Å². The second-order valence-corrected chi connectivity index (χ2v) is 7.27. The molecule has 0 saturated heterocycles. The summed E-state index contributed by atoms with van der Waals surface area (Å²) in [5.41, 5.74) is 2.51. The van der Waals surface area contributed by atoms with E-state index >= 15 is 0 Å². The number of thiazole rings is 1. The van der Waals surface area contributed by atoms with Gasteiger partial charge < -0.3 is 10.4 Å². The molecule has 0 radical (unpaired) electrons. The Morgan fingerprint density at radius 3 is 2.95 bits per heavy atom. The lowest BCUT2D eigenvalue weighted by Gasteiger charge is -2.22. The minimum Gasteiger partial charge on any atom is -0.391 e. The quantitative estimate of drug-likeness (QED) is 0.911. The van der Waals surface area contributed by atoms with Crippen molar-refractivity contribution in [3.05, 3.63) is 51.5 Å². The molecule has 110 valence electrons. The van der Waals surface area contributed by atoms with Crippen LogP contribution in [0.4, 0.5) is 0 Å². The molecule has 2 aliphatic rings. The Hall–Kier alpha value is -1.23. The number of hydrogen-bond donors (Lipinski definition) is 2. The molecule has 0 bridgehead atoms. The van der Waals surface area contributed by atoms with E-state index in [0.717, 1.165) is 13.0 Å². The Bertz CT molecular complexity index is 635. The number of nitrogens with one attached hydrogen (secondary N) is 1. The molecule has 2 N–H and O–H groups in total. The minimum absolute atomic E-state index is 0.0513. The molecular formula is C17H20N2OS. The Kier molecular flexibility index (Phi) is 3.53. The van der Waals surface area contributed by atoms with Gasteiger partial charge in [-0.1, -0.05) is 30.7 Å². The first-order valence-electron chi connectivity index (χ1n) is 7.75. The Morgan fingerprint density at radius 2 is 2.14 bits per heavy atom. The van der Waals surface area contributed by atoms with Gasteiger partial charge in [-0.25, -0.2) is 4.98 Å². The van der Waals surface area contributed by atoms with E-state index in [1.54, 1.807) is 0 Å². The maximum Gasteiger partial charge on any atom is 0.0959 e. The Balaban J connectivity index is 1.43. The normalized spacial score (nSPS) is 24.8. The van der Waals surface area contributed by atoms with Gasteiger partial charge in [-0.05, 0) is 24.0 Å². The van der Waals surface area contributed by atoms with Gasteiger partial charge >= 0.3 is 0 Å². The molecule has 1 heterocycles. The fraction of sp³-hybridized carbons (Fsp3) is 0.471. The summed E-state index contributed by atoms with van der Waals surface area (Å²) in [5.74, 6) is 0.710. The van der Waals surface area contributed by atoms with E-state index in [4.69, 9.17) is 0 Å². The van der Waals surface area contributed by atoms with Crippen molar-refractivity contribution in [2.75, 3.05) is 0 Å². The van der Waals surface area contributed by atoms with E-state index < -0.39 is 0 Å². The molecule has 4 rings (SSSR count). The molecule has 3 nitrogen and oxygen atoms in total. The van der Waals surface area contributed by atoms with Crippen LogP contribution in [0.1, 0.15) is 52.2 Å². The second-order valence-electron chi connectivity index (χ2n) is 6.12. The van der Waals surface area contributed by atoms with Crippen molar-refractivity contribution in [3.8, 4) is 0 Å². The van der Waals surface area contributed by atoms with Crippen LogP contribution in [-0.2, 0) is 13.0 Å². The van der Waals surface area contributed by atoms with Crippen molar-refractivity contribution in [2.24, 2.45) is 0 Å². The number of aromatic nitrogens is 1. The summed E-state index contributed by atoms with van der Waals surface area (Å²) in [6.45, 7) is 0.792. The Labute approximate surface area is 129 Å². The van der Waals surface area contributed by atoms with Crippen molar-refractivity contribution in [1.29, 1.82) is 0 Å². The van der Waals surface area contributed by atoms with Crippen LogP contribution in [0.3, 0.4) is 0 Å². The third kappa shape index (κ3) is 2.52. The maximum atomic E-state index is 10.3. The number of nitrogens with zero attached hydrogens (tertiary/aromatic N) is 1. The number of rotatable bonds is 4. The molecule has 21 heavy (non-hydrogen) atoms. The molecule has 0 unspecified atom stereocenters. The molecule has 2 atom stereocenters. The zero-order valence-corrected chi connectivity index (χ0v) is 12.8. The number of benzene rings is 1. The highest BCUT2D eigenvalue weighted by Gasteiger charge is 2.30. The third-order valence-electron chi connectivity index (χ3n) is 4.73. The van der Waals surface area contributed by atoms with Gasteiger partial charge in [-0.15, -0.1) is 11.3 Å². The van der Waals surface area contributed by atoms with E-state index in [1.807, 2.05) is 29.7 Å². The van der Waals surface area contributed by atoms with E-state index in [2.05, 4.69) is 22.4 Å². The molecule has 4 heteroatoms. The fourth-order valence-corrected chi connectivity index (χ4v) is 4.32. The highest BCUT2D eigenvalue weighted by atomic mass is 32.1. The summed E-state index contributed by atoms with van der Waals surface area (Å²) in [5, 5.41) is 15.1. The molecular weight excluding hydrogens is 280 g/mol. The maximum absolute atomic E-state index is 10.3. The number of fused-ring (bicyclic) bond motifs is 1. The van der Waals surface area contributed by atoms with Crippen LogP contribution in [0.2, 0.25) is 0 Å². The molecule has 1 aromatic heterocycles. The Morgan fingerprint density at radius 1 is 1.29 bits per heavy atom. The van der Waals surface area contributed by atoms with Gasteiger partial charge in [0.2, 0.25) is 0 Å². The van der Waals surface area contributed by atoms with Gasteiger partial charge in [0.1, 0.15) is 0 Å². The predicted octanol–water partition coefficient (Wildman–Crippen LogP) is 3.16. The first-order valence-corrected chi connectivity index (χ1v) is 8.57. The van der Waals surface area contributed by atoms with Crippen LogP contribution in [0.25, 0.3) is 0 Å². The van der Waals surface area contributed by atoms with Crippen LogP contribution < -0.4 is 5.32 Å². The lowest BCUT2D eigenvalue weighted by molar-refractivity contribution is 0.141. The average Bonchev–Trinajstić information content (AvgIpc) is 2.99. The first kappa shape index (κ1) is 13.4. The summed E-state index contributed by atoms with van der Waals surface area (Å²) in [6.07, 6.45) is 6.39. The van der Waals surface area contributed by atoms with Crippen LogP contribution >= 0.6 is 11.3 Å². The second kappa shape index (κ2) is 5.52. The van der Waals surface area contributed by atoms with Gasteiger partial charge in [-0.3, -0.25) is 0 Å². The van der Waals surface area contributed by atoms with Crippen molar-refractivity contribution in [2.45, 2.75) is 50.3 Å². The molecule has 0 amide bonds. The van der Waals surface area contributed by atoms with Gasteiger partial charge in [0.15, 0.2) is 0 Å². The lowest BCUT2D eigenvalue weighted by atomic mass is 9.86. The summed E-state index contributed by atoms with van der Waals surface area (Å²) in [6, 6.07) is 8.38. The van der Waals surface area contributed by atoms with Gasteiger partial charge in [0.05, 0.1) is 17.2 Å². The van der Waals surface area contributed by atoms with Crippen molar-refractivity contribution < 1.29 is 5.11 Å². The first-order chi connectivity index (χ1) is 10.3. The van der Waals surface area contributed by atoms with Crippen LogP contribution in [0.15, 0.2) is 30.5 Å². The van der Waals surface area contributed by atoms with Gasteiger partial charge in [0, 0.05) is 30.0 Å². The van der Waals surface area contributed by atoms with Crippen LogP contribution in [-0.4, -0.2) is 16.2 Å². The summed E-state index contributed by atoms with van der Waals surface area (Å²) >= 11 is 1.83. The molecule has 2 aliphatic carbocycles. The van der Waals surface area contributed by atoms with Crippen molar-refractivity contribution >= 4 is 11.3 Å². The van der Waals surface area contributed by atoms with Crippen molar-refractivity contribution in [1.82, 2.24) is 10.3 Å². The lowest BCUT2D eigenvalue weighted by Crippen LogP contribution is -2.28. The number of aliphatic hydroxyl groups is 1. The number of hydrogen-bond acceptors (Lipinski definition) is 4. The van der Waals surface area contributed by atoms with Gasteiger partial charge in [0.25, 0.3) is 0 Å². The van der Waals surface area contributed by atoms with E-state index in [1.165, 1.54) is 40.3 Å². The fourth-order valence-electron chi connectivity index (χ4n) is 3.28. The molecule has 1 fully saturated rings. The molecule has 0 spiro atoms. The van der Waals surface area contributed by atoms with E-state index in [9.17, 15) is 5.11 Å². The minimum atomic E-state index is -0.318. The molecule has 1 saturated carbocycles. The van der Waals surface area contributed by atoms with E-state index in [-0.39, 0.29) is 12.1 Å². The van der Waals surface area contributed by atoms with Crippen LogP contribution in [0, 0.1) is 0 Å². The largest absolute Gasteiger partial charge is 0.391 e. The summed E-state index contributed by atoms with van der Waals surface area (Å²) in [4.78, 5) is 5.83. The zero-order chi connectivity index (χ0) is 14.2. The highest BCUT2D eigenvalue weighted by molar-refractivity contribution is 7.11. The monoisotopic (exact) mass is 300 g/mol.